The standard InChI is InChI=1S/C16H20N6O2/c1-20-9-11(5-13(20)7-17)8-18-12-3-4-22(10-12)14-6-15(23)21(2)16(24)19-14/h5-6,9,12,18H,3-4,8,10H2,1-2H3,(H,19,24)/t12-/m1/s1. The van der Waals surface area contributed by atoms with Gasteiger partial charge in [-0.1, -0.05) is 0 Å². The van der Waals surface area contributed by atoms with Crippen LogP contribution < -0.4 is 21.5 Å². The Morgan fingerprint density at radius 2 is 2.17 bits per heavy atom. The molecule has 3 heterocycles. The van der Waals surface area contributed by atoms with E-state index in [0.717, 1.165) is 29.6 Å². The molecule has 0 radical (unpaired) electrons. The SMILES string of the molecule is Cn1cc(CN[C@@H]2CCN(c3cc(=O)n(C)c(=O)[nH]3)C2)cc1C#N. The molecule has 24 heavy (non-hydrogen) atoms. The molecule has 1 aliphatic rings. The fraction of sp³-hybridized carbons (Fsp3) is 0.438. The van der Waals surface area contributed by atoms with Crippen LogP contribution in [0.15, 0.2) is 27.9 Å². The van der Waals surface area contributed by atoms with Crippen molar-refractivity contribution in [3.05, 3.63) is 50.4 Å². The van der Waals surface area contributed by atoms with Crippen LogP contribution in [0.3, 0.4) is 0 Å². The van der Waals surface area contributed by atoms with Crippen molar-refractivity contribution in [1.29, 1.82) is 5.26 Å². The van der Waals surface area contributed by atoms with Gasteiger partial charge in [0.2, 0.25) is 0 Å². The van der Waals surface area contributed by atoms with Gasteiger partial charge in [-0.15, -0.1) is 0 Å². The lowest BCUT2D eigenvalue weighted by Crippen LogP contribution is -2.36. The summed E-state index contributed by atoms with van der Waals surface area (Å²) >= 11 is 0. The summed E-state index contributed by atoms with van der Waals surface area (Å²) in [4.78, 5) is 28.2. The second-order valence-corrected chi connectivity index (χ2v) is 6.13. The first-order valence-corrected chi connectivity index (χ1v) is 7.82. The molecule has 0 amide bonds. The first-order chi connectivity index (χ1) is 11.5. The second-order valence-electron chi connectivity index (χ2n) is 6.13. The van der Waals surface area contributed by atoms with Gasteiger partial charge in [0.15, 0.2) is 0 Å². The Labute approximate surface area is 138 Å². The van der Waals surface area contributed by atoms with Gasteiger partial charge in [-0.2, -0.15) is 5.26 Å². The van der Waals surface area contributed by atoms with E-state index in [1.807, 2.05) is 28.8 Å². The number of aromatic amines is 1. The number of hydrogen-bond donors (Lipinski definition) is 2. The minimum Gasteiger partial charge on any atom is -0.356 e. The number of aromatic nitrogens is 3. The summed E-state index contributed by atoms with van der Waals surface area (Å²) in [7, 11) is 3.31. The van der Waals surface area contributed by atoms with Gasteiger partial charge >= 0.3 is 5.69 Å². The van der Waals surface area contributed by atoms with E-state index in [2.05, 4.69) is 16.4 Å². The Morgan fingerprint density at radius 1 is 1.38 bits per heavy atom. The second kappa shape index (κ2) is 6.37. The van der Waals surface area contributed by atoms with Gasteiger partial charge in [0.05, 0.1) is 0 Å². The predicted molar refractivity (Wildman–Crippen MR) is 89.9 cm³/mol. The first kappa shape index (κ1) is 16.1. The van der Waals surface area contributed by atoms with Crippen LogP contribution >= 0.6 is 0 Å². The number of nitrogens with one attached hydrogen (secondary N) is 2. The Balaban J connectivity index is 1.62. The highest BCUT2D eigenvalue weighted by Crippen LogP contribution is 2.16. The van der Waals surface area contributed by atoms with Crippen LogP contribution in [0.4, 0.5) is 5.82 Å². The van der Waals surface area contributed by atoms with E-state index >= 15 is 0 Å². The molecule has 2 aromatic heterocycles. The minimum absolute atomic E-state index is 0.267. The van der Waals surface area contributed by atoms with Gasteiger partial charge in [0, 0.05) is 52.0 Å². The third kappa shape index (κ3) is 3.12. The molecule has 0 spiro atoms. The lowest BCUT2D eigenvalue weighted by Gasteiger charge is -2.18. The number of aryl methyl sites for hydroxylation is 1. The first-order valence-electron chi connectivity index (χ1n) is 7.82. The van der Waals surface area contributed by atoms with Crippen LogP contribution in [-0.4, -0.2) is 33.2 Å². The van der Waals surface area contributed by atoms with Crippen molar-refractivity contribution in [3.8, 4) is 6.07 Å². The molecule has 0 aliphatic carbocycles. The molecule has 0 unspecified atom stereocenters. The van der Waals surface area contributed by atoms with Crippen molar-refractivity contribution in [2.75, 3.05) is 18.0 Å². The lowest BCUT2D eigenvalue weighted by atomic mass is 10.2. The molecule has 1 saturated heterocycles. The molecule has 0 saturated carbocycles. The number of rotatable bonds is 4. The summed E-state index contributed by atoms with van der Waals surface area (Å²) in [6.45, 7) is 2.18. The highest BCUT2D eigenvalue weighted by Gasteiger charge is 2.23. The van der Waals surface area contributed by atoms with Crippen molar-refractivity contribution in [3.63, 3.8) is 0 Å². The topological polar surface area (TPSA) is 98.8 Å². The van der Waals surface area contributed by atoms with E-state index in [0.29, 0.717) is 18.1 Å². The molecule has 8 nitrogen and oxygen atoms in total. The van der Waals surface area contributed by atoms with Crippen LogP contribution in [0.2, 0.25) is 0 Å². The van der Waals surface area contributed by atoms with E-state index in [-0.39, 0.29) is 11.6 Å². The van der Waals surface area contributed by atoms with Crippen molar-refractivity contribution in [2.24, 2.45) is 14.1 Å². The molecule has 1 fully saturated rings. The molecule has 2 aromatic rings. The third-order valence-electron chi connectivity index (χ3n) is 4.43. The van der Waals surface area contributed by atoms with E-state index in [1.165, 1.54) is 13.1 Å². The van der Waals surface area contributed by atoms with Crippen LogP contribution in [0.1, 0.15) is 17.7 Å². The smallest absolute Gasteiger partial charge is 0.329 e. The van der Waals surface area contributed by atoms with Crippen molar-refractivity contribution in [1.82, 2.24) is 19.4 Å². The molecule has 1 atom stereocenters. The van der Waals surface area contributed by atoms with E-state index < -0.39 is 5.69 Å². The maximum atomic E-state index is 11.7. The minimum atomic E-state index is -0.401. The maximum Gasteiger partial charge on any atom is 0.329 e. The van der Waals surface area contributed by atoms with Crippen LogP contribution in [-0.2, 0) is 20.6 Å². The van der Waals surface area contributed by atoms with Gasteiger partial charge in [-0.25, -0.2) is 4.79 Å². The fourth-order valence-corrected chi connectivity index (χ4v) is 2.96. The molecule has 0 aromatic carbocycles. The highest BCUT2D eigenvalue weighted by atomic mass is 16.2. The maximum absolute atomic E-state index is 11.7. The Morgan fingerprint density at radius 3 is 2.83 bits per heavy atom. The summed E-state index contributed by atoms with van der Waals surface area (Å²) in [5.74, 6) is 0.568. The van der Waals surface area contributed by atoms with Crippen LogP contribution in [0, 0.1) is 11.3 Å². The van der Waals surface area contributed by atoms with Gasteiger partial charge in [0.25, 0.3) is 5.56 Å². The van der Waals surface area contributed by atoms with Crippen molar-refractivity contribution < 1.29 is 0 Å². The third-order valence-corrected chi connectivity index (χ3v) is 4.43. The number of nitrogens with zero attached hydrogens (tertiary/aromatic N) is 4. The fourth-order valence-electron chi connectivity index (χ4n) is 2.96. The van der Waals surface area contributed by atoms with Gasteiger partial charge in [-0.3, -0.25) is 14.3 Å². The lowest BCUT2D eigenvalue weighted by molar-refractivity contribution is 0.551. The Bertz CT molecular complexity index is 869. The molecule has 0 bridgehead atoms. The largest absolute Gasteiger partial charge is 0.356 e. The van der Waals surface area contributed by atoms with Crippen molar-refractivity contribution >= 4 is 5.82 Å². The monoisotopic (exact) mass is 328 g/mol. The summed E-state index contributed by atoms with van der Waals surface area (Å²) in [6.07, 6.45) is 2.87. The number of nitriles is 1. The summed E-state index contributed by atoms with van der Waals surface area (Å²) in [6, 6.07) is 5.75. The molecular weight excluding hydrogens is 308 g/mol. The van der Waals surface area contributed by atoms with Crippen LogP contribution in [0.5, 0.6) is 0 Å². The molecule has 2 N–H and O–H groups in total. The molecule has 126 valence electrons. The van der Waals surface area contributed by atoms with Gasteiger partial charge < -0.3 is 14.8 Å². The summed E-state index contributed by atoms with van der Waals surface area (Å²) in [5.41, 5.74) is 0.993. The molecule has 3 rings (SSSR count). The Kier molecular flexibility index (Phi) is 4.27. The van der Waals surface area contributed by atoms with E-state index in [1.54, 1.807) is 0 Å². The summed E-state index contributed by atoms with van der Waals surface area (Å²) < 4.78 is 2.86. The average molecular weight is 328 g/mol. The zero-order valence-corrected chi connectivity index (χ0v) is 13.7. The van der Waals surface area contributed by atoms with E-state index in [9.17, 15) is 9.59 Å². The van der Waals surface area contributed by atoms with Crippen LogP contribution in [0.25, 0.3) is 0 Å². The molecule has 1 aliphatic heterocycles. The quantitative estimate of drug-likeness (QED) is 0.799. The predicted octanol–water partition coefficient (Wildman–Crippen LogP) is -0.348. The van der Waals surface area contributed by atoms with Gasteiger partial charge in [-0.05, 0) is 18.1 Å². The zero-order chi connectivity index (χ0) is 17.3. The molecular formula is C16H20N6O2. The Hall–Kier alpha value is -2.79. The highest BCUT2D eigenvalue weighted by molar-refractivity contribution is 5.38. The van der Waals surface area contributed by atoms with Crippen molar-refractivity contribution in [2.45, 2.75) is 19.0 Å². The number of H-pyrrole nitrogens is 1. The zero-order valence-electron chi connectivity index (χ0n) is 13.7. The number of anilines is 1. The average Bonchev–Trinajstić information content (AvgIpc) is 3.16. The van der Waals surface area contributed by atoms with E-state index in [4.69, 9.17) is 5.26 Å². The normalized spacial score (nSPS) is 17.2. The molecule has 8 heteroatoms. The summed E-state index contributed by atoms with van der Waals surface area (Å²) in [5, 5.41) is 12.4. The number of hydrogen-bond acceptors (Lipinski definition) is 5. The van der Waals surface area contributed by atoms with Gasteiger partial charge in [0.1, 0.15) is 17.6 Å².